The monoisotopic (exact) mass is 444 g/mol. The fourth-order valence-electron chi connectivity index (χ4n) is 3.32. The second kappa shape index (κ2) is 8.26. The van der Waals surface area contributed by atoms with Crippen LogP contribution in [0.5, 0.6) is 0 Å². The Balaban J connectivity index is 1.25. The first-order valence-corrected chi connectivity index (χ1v) is 9.99. The van der Waals surface area contributed by atoms with Crippen molar-refractivity contribution < 1.29 is 4.79 Å². The second-order valence-electron chi connectivity index (χ2n) is 6.76. The van der Waals surface area contributed by atoms with E-state index in [1.54, 1.807) is 18.3 Å². The van der Waals surface area contributed by atoms with Gasteiger partial charge in [-0.05, 0) is 42.7 Å². The van der Waals surface area contributed by atoms with Crippen LogP contribution in [0.25, 0.3) is 5.65 Å². The van der Waals surface area contributed by atoms with Crippen LogP contribution in [0.2, 0.25) is 0 Å². The number of aryl methyl sites for hydroxylation is 1. The smallest absolute Gasteiger partial charge is 0.350 e. The molecule has 28 heavy (non-hydrogen) atoms. The molecule has 0 bridgehead atoms. The van der Waals surface area contributed by atoms with Gasteiger partial charge in [0.2, 0.25) is 5.91 Å². The Morgan fingerprint density at radius 2 is 2.04 bits per heavy atom. The number of benzene rings is 1. The van der Waals surface area contributed by atoms with Gasteiger partial charge in [-0.15, -0.1) is 5.10 Å². The van der Waals surface area contributed by atoms with Crippen molar-refractivity contribution in [3.63, 3.8) is 0 Å². The molecular formula is C19H21BrN6O2. The number of carbonyl (C=O) groups excluding carboxylic acids is 1. The summed E-state index contributed by atoms with van der Waals surface area (Å²) in [7, 11) is 0. The van der Waals surface area contributed by atoms with Gasteiger partial charge in [0.05, 0.1) is 0 Å². The van der Waals surface area contributed by atoms with Crippen LogP contribution in [-0.4, -0.2) is 32.7 Å². The molecule has 4 rings (SSSR count). The van der Waals surface area contributed by atoms with Gasteiger partial charge >= 0.3 is 5.69 Å². The molecule has 2 aromatic heterocycles. The fourth-order valence-corrected chi connectivity index (χ4v) is 3.58. The highest BCUT2D eigenvalue weighted by Crippen LogP contribution is 2.23. The molecule has 1 amide bonds. The number of nitrogens with zero attached hydrogens (tertiary/aromatic N) is 3. The normalized spacial score (nSPS) is 19.2. The van der Waals surface area contributed by atoms with Crippen LogP contribution in [-0.2, 0) is 11.3 Å². The van der Waals surface area contributed by atoms with E-state index in [0.717, 1.165) is 10.0 Å². The van der Waals surface area contributed by atoms with Crippen LogP contribution in [0.3, 0.4) is 0 Å². The first kappa shape index (κ1) is 18.9. The third-order valence-corrected chi connectivity index (χ3v) is 5.36. The van der Waals surface area contributed by atoms with Gasteiger partial charge in [0.1, 0.15) is 6.04 Å². The summed E-state index contributed by atoms with van der Waals surface area (Å²) in [6.07, 6.45) is 3.01. The number of hydrogen-bond acceptors (Lipinski definition) is 5. The van der Waals surface area contributed by atoms with Gasteiger partial charge in [-0.3, -0.25) is 9.20 Å². The molecule has 2 unspecified atom stereocenters. The first-order valence-electron chi connectivity index (χ1n) is 9.20. The number of halogens is 1. The summed E-state index contributed by atoms with van der Waals surface area (Å²) < 4.78 is 3.97. The maximum Gasteiger partial charge on any atom is 0.350 e. The molecule has 8 nitrogen and oxygen atoms in total. The number of hydrazine groups is 1. The number of carbonyl (C=O) groups is 1. The minimum Gasteiger partial charge on any atom is -0.355 e. The number of pyridine rings is 1. The van der Waals surface area contributed by atoms with E-state index < -0.39 is 0 Å². The predicted molar refractivity (Wildman–Crippen MR) is 109 cm³/mol. The molecule has 9 heteroatoms. The van der Waals surface area contributed by atoms with E-state index in [4.69, 9.17) is 0 Å². The van der Waals surface area contributed by atoms with Gasteiger partial charge in [0.15, 0.2) is 5.65 Å². The zero-order valence-electron chi connectivity index (χ0n) is 15.1. The maximum absolute atomic E-state index is 12.4. The van der Waals surface area contributed by atoms with Crippen molar-refractivity contribution in [1.29, 1.82) is 0 Å². The Morgan fingerprint density at radius 1 is 1.21 bits per heavy atom. The fraction of sp³-hybridized carbons (Fsp3) is 0.316. The number of rotatable bonds is 6. The number of hydrogen-bond donors (Lipinski definition) is 3. The molecule has 1 saturated heterocycles. The molecule has 0 saturated carbocycles. The van der Waals surface area contributed by atoms with Crippen molar-refractivity contribution in [2.75, 3.05) is 6.54 Å². The molecular weight excluding hydrogens is 424 g/mol. The third-order valence-electron chi connectivity index (χ3n) is 4.83. The van der Waals surface area contributed by atoms with E-state index in [-0.39, 0.29) is 23.7 Å². The van der Waals surface area contributed by atoms with Crippen molar-refractivity contribution in [1.82, 2.24) is 30.3 Å². The lowest BCUT2D eigenvalue weighted by Gasteiger charge is -2.10. The van der Waals surface area contributed by atoms with Gasteiger partial charge < -0.3 is 5.32 Å². The van der Waals surface area contributed by atoms with Gasteiger partial charge in [-0.1, -0.05) is 34.1 Å². The summed E-state index contributed by atoms with van der Waals surface area (Å²) in [5.41, 5.74) is 7.83. The van der Waals surface area contributed by atoms with Crippen LogP contribution in [0.1, 0.15) is 24.4 Å². The van der Waals surface area contributed by atoms with E-state index in [0.29, 0.717) is 31.6 Å². The second-order valence-corrected chi connectivity index (χ2v) is 7.68. The van der Waals surface area contributed by atoms with Crippen molar-refractivity contribution in [3.05, 3.63) is 69.2 Å². The summed E-state index contributed by atoms with van der Waals surface area (Å²) in [6.45, 7) is 0.943. The summed E-state index contributed by atoms with van der Waals surface area (Å²) >= 11 is 3.43. The molecule has 0 radical (unpaired) electrons. The summed E-state index contributed by atoms with van der Waals surface area (Å²) in [5.74, 6) is -0.0468. The Labute approximate surface area is 170 Å². The topological polar surface area (TPSA) is 92.5 Å². The molecule has 1 aromatic carbocycles. The van der Waals surface area contributed by atoms with Gasteiger partial charge in [-0.25, -0.2) is 20.3 Å². The SMILES string of the molecule is O=C(NCCCn1nc2ccccn2c1=O)C1CC(c2ccc(Br)cc2)NN1. The van der Waals surface area contributed by atoms with E-state index in [2.05, 4.69) is 37.2 Å². The Hall–Kier alpha value is -2.49. The first-order chi connectivity index (χ1) is 13.6. The third kappa shape index (κ3) is 4.01. The van der Waals surface area contributed by atoms with Crippen molar-refractivity contribution in [3.8, 4) is 0 Å². The quantitative estimate of drug-likeness (QED) is 0.499. The van der Waals surface area contributed by atoms with Crippen LogP contribution < -0.4 is 21.9 Å². The Morgan fingerprint density at radius 3 is 2.82 bits per heavy atom. The molecule has 0 spiro atoms. The number of nitrogens with one attached hydrogen (secondary N) is 3. The van der Waals surface area contributed by atoms with E-state index >= 15 is 0 Å². The predicted octanol–water partition coefficient (Wildman–Crippen LogP) is 1.37. The van der Waals surface area contributed by atoms with E-state index in [1.807, 2.05) is 30.3 Å². The zero-order valence-corrected chi connectivity index (χ0v) is 16.7. The lowest BCUT2D eigenvalue weighted by molar-refractivity contribution is -0.122. The van der Waals surface area contributed by atoms with Crippen molar-refractivity contribution in [2.24, 2.45) is 0 Å². The lowest BCUT2D eigenvalue weighted by atomic mass is 10.0. The largest absolute Gasteiger partial charge is 0.355 e. The van der Waals surface area contributed by atoms with Crippen LogP contribution in [0, 0.1) is 0 Å². The number of fused-ring (bicyclic) bond motifs is 1. The highest BCUT2D eigenvalue weighted by atomic mass is 79.9. The minimum absolute atomic E-state index is 0.0468. The molecule has 3 aromatic rings. The van der Waals surface area contributed by atoms with Gasteiger partial charge in [0, 0.05) is 29.8 Å². The lowest BCUT2D eigenvalue weighted by Crippen LogP contribution is -2.43. The van der Waals surface area contributed by atoms with Crippen LogP contribution in [0.15, 0.2) is 57.9 Å². The van der Waals surface area contributed by atoms with Crippen LogP contribution in [0.4, 0.5) is 0 Å². The molecule has 146 valence electrons. The zero-order chi connectivity index (χ0) is 19.5. The highest BCUT2D eigenvalue weighted by molar-refractivity contribution is 9.10. The number of amides is 1. The highest BCUT2D eigenvalue weighted by Gasteiger charge is 2.29. The standard InChI is InChI=1S/C19H21BrN6O2/c20-14-7-5-13(6-8-14)15-12-16(23-22-15)18(27)21-9-3-11-26-19(28)25-10-2-1-4-17(25)24-26/h1-2,4-8,10,15-16,22-23H,3,9,11-12H2,(H,21,27). The van der Waals surface area contributed by atoms with Crippen molar-refractivity contribution >= 4 is 27.5 Å². The van der Waals surface area contributed by atoms with E-state index in [9.17, 15) is 9.59 Å². The Bertz CT molecular complexity index is 1030. The molecule has 2 atom stereocenters. The number of aromatic nitrogens is 3. The van der Waals surface area contributed by atoms with E-state index in [1.165, 1.54) is 9.08 Å². The summed E-state index contributed by atoms with van der Waals surface area (Å²) in [6, 6.07) is 13.3. The summed E-state index contributed by atoms with van der Waals surface area (Å²) in [4.78, 5) is 24.6. The molecule has 1 aliphatic rings. The molecule has 3 heterocycles. The van der Waals surface area contributed by atoms with Crippen molar-refractivity contribution in [2.45, 2.75) is 31.5 Å². The van der Waals surface area contributed by atoms with Gasteiger partial charge in [-0.2, -0.15) is 0 Å². The van der Waals surface area contributed by atoms with Crippen LogP contribution >= 0.6 is 15.9 Å². The maximum atomic E-state index is 12.4. The molecule has 0 aliphatic carbocycles. The minimum atomic E-state index is -0.286. The summed E-state index contributed by atoms with van der Waals surface area (Å²) in [5, 5.41) is 7.22. The Kier molecular flexibility index (Phi) is 5.56. The molecule has 3 N–H and O–H groups in total. The van der Waals surface area contributed by atoms with Gasteiger partial charge in [0.25, 0.3) is 0 Å². The average molecular weight is 445 g/mol. The molecule has 1 aliphatic heterocycles. The average Bonchev–Trinajstić information content (AvgIpc) is 3.32. The molecule has 1 fully saturated rings.